The molecule has 0 aliphatic heterocycles. The van der Waals surface area contributed by atoms with Crippen LogP contribution in [0.1, 0.15) is 20.7 Å². The Hall–Kier alpha value is -7.32. The van der Waals surface area contributed by atoms with Crippen LogP contribution in [0.5, 0.6) is 0 Å². The molecule has 4 N–H and O–H groups in total. The first-order valence-corrected chi connectivity index (χ1v) is 16.6. The summed E-state index contributed by atoms with van der Waals surface area (Å²) in [7, 11) is 0. The largest absolute Gasteiger partial charge is 0.478 e. The molecular weight excluding hydrogens is 649 g/mol. The van der Waals surface area contributed by atoms with Crippen LogP contribution in [0.3, 0.4) is 0 Å². The molecule has 0 fully saturated rings. The van der Waals surface area contributed by atoms with E-state index in [2.05, 4.69) is 58.5 Å². The molecule has 0 radical (unpaired) electrons. The number of hydrogen-bond acceptors (Lipinski definition) is 4. The van der Waals surface area contributed by atoms with Gasteiger partial charge in [0, 0.05) is 33.4 Å². The second-order valence-corrected chi connectivity index (χ2v) is 12.3. The smallest absolute Gasteiger partial charge is 0.335 e. The summed E-state index contributed by atoms with van der Waals surface area (Å²) in [6.07, 6.45) is 0. The Morgan fingerprint density at radius 2 is 0.673 bits per heavy atom. The number of aromatic amines is 2. The number of hydrogen-bond donors (Lipinski definition) is 4. The van der Waals surface area contributed by atoms with Gasteiger partial charge in [0.2, 0.25) is 0 Å². The first kappa shape index (κ1) is 31.9. The van der Waals surface area contributed by atoms with E-state index in [1.807, 2.05) is 60.7 Å². The molecule has 6 aromatic carbocycles. The molecule has 8 aromatic rings. The molecule has 2 heterocycles. The number of nitrogens with zero attached hydrogens (tertiary/aromatic N) is 2. The topological polar surface area (TPSA) is 132 Å². The van der Waals surface area contributed by atoms with Crippen LogP contribution in [0.15, 0.2) is 158 Å². The van der Waals surface area contributed by atoms with Crippen molar-refractivity contribution in [3.63, 3.8) is 0 Å². The van der Waals surface area contributed by atoms with Crippen molar-refractivity contribution in [1.29, 1.82) is 0 Å². The number of benzene rings is 6. The van der Waals surface area contributed by atoms with Gasteiger partial charge >= 0.3 is 11.9 Å². The lowest BCUT2D eigenvalue weighted by molar-refractivity contribution is 0.0686. The summed E-state index contributed by atoms with van der Waals surface area (Å²) >= 11 is 0. The molecule has 0 unspecified atom stereocenters. The number of carbonyl (C=O) groups is 2. The molecule has 250 valence electrons. The van der Waals surface area contributed by atoms with Crippen LogP contribution < -0.4 is 0 Å². The third-order valence-corrected chi connectivity index (χ3v) is 8.99. The van der Waals surface area contributed by atoms with E-state index in [0.717, 1.165) is 67.3 Å². The number of aromatic carboxylic acids is 2. The van der Waals surface area contributed by atoms with Gasteiger partial charge in [0.1, 0.15) is 11.6 Å². The molecule has 0 saturated carbocycles. The van der Waals surface area contributed by atoms with Gasteiger partial charge in [0.05, 0.1) is 33.9 Å². The minimum atomic E-state index is -0.972. The SMILES string of the molecule is O=C(O)c1ccc(-c2nc(-c3ccc(-c4ccc(-c5nc(-c6ccc(C(=O)O)cc6)[nH]c5-c5ccccc5)cc4)cc3)c(-c3ccccc3)[nH]2)cc1. The molecule has 0 amide bonds. The van der Waals surface area contributed by atoms with Crippen LogP contribution >= 0.6 is 0 Å². The minimum absolute atomic E-state index is 0.220. The Bertz CT molecular complexity index is 2340. The van der Waals surface area contributed by atoms with E-state index < -0.39 is 11.9 Å². The molecule has 2 aromatic heterocycles. The van der Waals surface area contributed by atoms with Crippen molar-refractivity contribution in [3.05, 3.63) is 169 Å². The second-order valence-electron chi connectivity index (χ2n) is 12.3. The normalized spacial score (nSPS) is 11.0. The lowest BCUT2D eigenvalue weighted by Gasteiger charge is -2.07. The number of imidazole rings is 2. The summed E-state index contributed by atoms with van der Waals surface area (Å²) in [5, 5.41) is 18.7. The lowest BCUT2D eigenvalue weighted by atomic mass is 9.98. The monoisotopic (exact) mass is 678 g/mol. The Kier molecular flexibility index (Phi) is 8.31. The quantitative estimate of drug-likeness (QED) is 0.120. The third-order valence-electron chi connectivity index (χ3n) is 8.99. The number of nitrogens with one attached hydrogen (secondary N) is 2. The highest BCUT2D eigenvalue weighted by atomic mass is 16.4. The molecule has 0 atom stereocenters. The maximum atomic E-state index is 11.4. The van der Waals surface area contributed by atoms with Crippen LogP contribution in [-0.4, -0.2) is 42.1 Å². The van der Waals surface area contributed by atoms with Gasteiger partial charge in [-0.3, -0.25) is 0 Å². The summed E-state index contributed by atoms with van der Waals surface area (Å²) in [6.45, 7) is 0. The fraction of sp³-hybridized carbons (Fsp3) is 0. The highest BCUT2D eigenvalue weighted by molar-refractivity contribution is 5.89. The highest BCUT2D eigenvalue weighted by Crippen LogP contribution is 2.36. The Morgan fingerprint density at radius 1 is 0.365 bits per heavy atom. The Morgan fingerprint density at radius 3 is 1.00 bits per heavy atom. The minimum Gasteiger partial charge on any atom is -0.478 e. The zero-order valence-electron chi connectivity index (χ0n) is 27.6. The van der Waals surface area contributed by atoms with Gasteiger partial charge in [-0.2, -0.15) is 0 Å². The number of H-pyrrole nitrogens is 2. The Balaban J connectivity index is 1.11. The number of carboxylic acids is 2. The van der Waals surface area contributed by atoms with Crippen molar-refractivity contribution in [3.8, 4) is 78.9 Å². The zero-order chi connectivity index (χ0) is 35.6. The second kappa shape index (κ2) is 13.5. The molecule has 0 saturated heterocycles. The summed E-state index contributed by atoms with van der Waals surface area (Å²) in [6, 6.07) is 50.0. The molecule has 0 spiro atoms. The molecule has 0 bridgehead atoms. The zero-order valence-corrected chi connectivity index (χ0v) is 27.6. The summed E-state index contributed by atoms with van der Waals surface area (Å²) in [5.41, 5.74) is 11.3. The van der Waals surface area contributed by atoms with Crippen molar-refractivity contribution < 1.29 is 19.8 Å². The van der Waals surface area contributed by atoms with Crippen molar-refractivity contribution in [1.82, 2.24) is 19.9 Å². The van der Waals surface area contributed by atoms with Gasteiger partial charge in [-0.25, -0.2) is 19.6 Å². The first-order chi connectivity index (χ1) is 25.4. The predicted octanol–water partition coefficient (Wildman–Crippen LogP) is 10.2. The van der Waals surface area contributed by atoms with Crippen molar-refractivity contribution in [2.75, 3.05) is 0 Å². The third kappa shape index (κ3) is 6.28. The van der Waals surface area contributed by atoms with E-state index >= 15 is 0 Å². The molecule has 0 aliphatic carbocycles. The molecule has 0 aliphatic rings. The Labute approximate surface area is 298 Å². The lowest BCUT2D eigenvalue weighted by Crippen LogP contribution is -1.95. The molecular formula is C44H30N4O4. The highest BCUT2D eigenvalue weighted by Gasteiger charge is 2.18. The van der Waals surface area contributed by atoms with Crippen LogP contribution in [0, 0.1) is 0 Å². The fourth-order valence-electron chi connectivity index (χ4n) is 6.25. The molecule has 8 rings (SSSR count). The average Bonchev–Trinajstić information content (AvgIpc) is 3.85. The van der Waals surface area contributed by atoms with Gasteiger partial charge < -0.3 is 20.2 Å². The van der Waals surface area contributed by atoms with E-state index in [1.54, 1.807) is 48.5 Å². The standard InChI is InChI=1S/C44H30N4O4/c49-43(50)35-23-19-33(20-24-35)41-45-37(29-7-3-1-4-8-29)39(47-41)31-15-11-27(12-16-31)28-13-17-32(18-14-28)40-38(30-9-5-2-6-10-30)46-42(48-40)34-21-25-36(26-22-34)44(51)52/h1-26H,(H,45,47)(H,46,48)(H,49,50)(H,51,52). The van der Waals surface area contributed by atoms with E-state index in [0.29, 0.717) is 11.6 Å². The van der Waals surface area contributed by atoms with E-state index in [-0.39, 0.29) is 11.1 Å². The van der Waals surface area contributed by atoms with Crippen LogP contribution in [0.2, 0.25) is 0 Å². The molecule has 8 heteroatoms. The van der Waals surface area contributed by atoms with Gasteiger partial charge in [0.15, 0.2) is 0 Å². The summed E-state index contributed by atoms with van der Waals surface area (Å²) in [5.74, 6) is -0.639. The van der Waals surface area contributed by atoms with Gasteiger partial charge in [-0.15, -0.1) is 0 Å². The van der Waals surface area contributed by atoms with Crippen LogP contribution in [-0.2, 0) is 0 Å². The predicted molar refractivity (Wildman–Crippen MR) is 203 cm³/mol. The fourth-order valence-corrected chi connectivity index (χ4v) is 6.25. The summed E-state index contributed by atoms with van der Waals surface area (Å²) in [4.78, 5) is 39.7. The van der Waals surface area contributed by atoms with E-state index in [9.17, 15) is 19.8 Å². The van der Waals surface area contributed by atoms with Crippen LogP contribution in [0.25, 0.3) is 78.9 Å². The van der Waals surface area contributed by atoms with Crippen molar-refractivity contribution in [2.24, 2.45) is 0 Å². The van der Waals surface area contributed by atoms with Gasteiger partial charge in [-0.1, -0.05) is 133 Å². The molecule has 52 heavy (non-hydrogen) atoms. The maximum absolute atomic E-state index is 11.4. The number of aromatic nitrogens is 4. The van der Waals surface area contributed by atoms with Crippen molar-refractivity contribution in [2.45, 2.75) is 0 Å². The summed E-state index contributed by atoms with van der Waals surface area (Å²) < 4.78 is 0. The van der Waals surface area contributed by atoms with Crippen LogP contribution in [0.4, 0.5) is 0 Å². The van der Waals surface area contributed by atoms with Gasteiger partial charge in [-0.05, 0) is 35.4 Å². The average molecular weight is 679 g/mol. The van der Waals surface area contributed by atoms with Gasteiger partial charge in [0.25, 0.3) is 0 Å². The van der Waals surface area contributed by atoms with E-state index in [1.165, 1.54) is 0 Å². The van der Waals surface area contributed by atoms with E-state index in [4.69, 9.17) is 9.97 Å². The number of carboxylic acid groups (broad SMARTS) is 2. The maximum Gasteiger partial charge on any atom is 0.335 e. The first-order valence-electron chi connectivity index (χ1n) is 16.6. The van der Waals surface area contributed by atoms with Crippen molar-refractivity contribution >= 4 is 11.9 Å². The molecule has 8 nitrogen and oxygen atoms in total. The number of rotatable bonds is 9.